The molecular formula is C27H29F2NO3. The van der Waals surface area contributed by atoms with Crippen molar-refractivity contribution in [1.82, 2.24) is 4.98 Å². The minimum atomic E-state index is -1.09. The Hall–Kier alpha value is -3.28. The molecule has 6 heteroatoms. The molecule has 0 radical (unpaired) electrons. The SMILES string of the molecule is CCCCCCc1cc(F)c(C(=O)Oc2ccc(-c3ccc(OCCC)cc3)nc2)c(F)c1. The summed E-state index contributed by atoms with van der Waals surface area (Å²) in [5.41, 5.74) is 1.37. The van der Waals surface area contributed by atoms with Crippen molar-refractivity contribution in [2.45, 2.75) is 52.4 Å². The van der Waals surface area contributed by atoms with Gasteiger partial charge in [-0.2, -0.15) is 0 Å². The first kappa shape index (κ1) is 24.4. The molecule has 33 heavy (non-hydrogen) atoms. The lowest BCUT2D eigenvalue weighted by Crippen LogP contribution is -2.14. The molecule has 2 aromatic carbocycles. The fourth-order valence-corrected chi connectivity index (χ4v) is 3.43. The number of halogens is 2. The number of pyridine rings is 1. The van der Waals surface area contributed by atoms with Crippen LogP contribution in [-0.2, 0) is 6.42 Å². The minimum absolute atomic E-state index is 0.106. The second-order valence-electron chi connectivity index (χ2n) is 7.89. The van der Waals surface area contributed by atoms with Crippen LogP contribution in [0.1, 0.15) is 61.9 Å². The van der Waals surface area contributed by atoms with E-state index >= 15 is 0 Å². The van der Waals surface area contributed by atoms with E-state index < -0.39 is 23.2 Å². The number of aryl methyl sites for hydroxylation is 1. The van der Waals surface area contributed by atoms with E-state index in [-0.39, 0.29) is 5.75 Å². The van der Waals surface area contributed by atoms with Crippen LogP contribution < -0.4 is 9.47 Å². The van der Waals surface area contributed by atoms with Crippen molar-refractivity contribution in [2.75, 3.05) is 6.61 Å². The van der Waals surface area contributed by atoms with Crippen LogP contribution in [0.15, 0.2) is 54.7 Å². The Balaban J connectivity index is 1.64. The highest BCUT2D eigenvalue weighted by Crippen LogP contribution is 2.24. The van der Waals surface area contributed by atoms with Gasteiger partial charge < -0.3 is 9.47 Å². The number of nitrogens with zero attached hydrogens (tertiary/aromatic N) is 1. The van der Waals surface area contributed by atoms with Crippen molar-refractivity contribution in [3.05, 3.63) is 77.5 Å². The van der Waals surface area contributed by atoms with Gasteiger partial charge in [-0.1, -0.05) is 33.1 Å². The molecule has 0 aliphatic heterocycles. The van der Waals surface area contributed by atoms with E-state index in [0.717, 1.165) is 43.4 Å². The first-order chi connectivity index (χ1) is 16.0. The molecule has 0 spiro atoms. The molecule has 1 aromatic heterocycles. The molecule has 4 nitrogen and oxygen atoms in total. The average molecular weight is 454 g/mol. The smallest absolute Gasteiger partial charge is 0.349 e. The van der Waals surface area contributed by atoms with Gasteiger partial charge in [-0.25, -0.2) is 13.6 Å². The molecule has 3 aromatic rings. The Morgan fingerprint density at radius 2 is 1.58 bits per heavy atom. The summed E-state index contributed by atoms with van der Waals surface area (Å²) >= 11 is 0. The number of hydrogen-bond donors (Lipinski definition) is 0. The lowest BCUT2D eigenvalue weighted by atomic mass is 10.0. The van der Waals surface area contributed by atoms with Crippen LogP contribution in [0.5, 0.6) is 11.5 Å². The first-order valence-electron chi connectivity index (χ1n) is 11.4. The van der Waals surface area contributed by atoms with Crippen molar-refractivity contribution in [3.8, 4) is 22.8 Å². The fourth-order valence-electron chi connectivity index (χ4n) is 3.43. The second kappa shape index (κ2) is 12.1. The van der Waals surface area contributed by atoms with Gasteiger partial charge in [-0.3, -0.25) is 4.98 Å². The van der Waals surface area contributed by atoms with E-state index in [4.69, 9.17) is 9.47 Å². The summed E-state index contributed by atoms with van der Waals surface area (Å²) in [6, 6.07) is 13.1. The molecule has 0 aliphatic rings. The predicted molar refractivity (Wildman–Crippen MR) is 125 cm³/mol. The van der Waals surface area contributed by atoms with Crippen molar-refractivity contribution in [1.29, 1.82) is 0 Å². The van der Waals surface area contributed by atoms with E-state index in [1.165, 1.54) is 18.3 Å². The van der Waals surface area contributed by atoms with Crippen LogP contribution in [0.2, 0.25) is 0 Å². The minimum Gasteiger partial charge on any atom is -0.494 e. The van der Waals surface area contributed by atoms with Gasteiger partial charge in [0.05, 0.1) is 18.5 Å². The highest BCUT2D eigenvalue weighted by atomic mass is 19.1. The van der Waals surface area contributed by atoms with E-state index in [1.54, 1.807) is 12.1 Å². The largest absolute Gasteiger partial charge is 0.494 e. The van der Waals surface area contributed by atoms with Gasteiger partial charge in [-0.05, 0) is 73.4 Å². The van der Waals surface area contributed by atoms with E-state index in [9.17, 15) is 13.6 Å². The molecule has 0 amide bonds. The molecule has 3 rings (SSSR count). The molecule has 0 saturated heterocycles. The van der Waals surface area contributed by atoms with Crippen LogP contribution in [0, 0.1) is 11.6 Å². The Morgan fingerprint density at radius 1 is 0.879 bits per heavy atom. The monoisotopic (exact) mass is 453 g/mol. The Morgan fingerprint density at radius 3 is 2.18 bits per heavy atom. The van der Waals surface area contributed by atoms with Gasteiger partial charge in [0.25, 0.3) is 0 Å². The van der Waals surface area contributed by atoms with Crippen LogP contribution in [-0.4, -0.2) is 17.6 Å². The molecule has 0 saturated carbocycles. The van der Waals surface area contributed by atoms with Crippen molar-refractivity contribution in [2.24, 2.45) is 0 Å². The maximum Gasteiger partial charge on any atom is 0.349 e. The Kier molecular flexibility index (Phi) is 8.93. The molecule has 0 unspecified atom stereocenters. The summed E-state index contributed by atoms with van der Waals surface area (Å²) in [6.45, 7) is 4.80. The van der Waals surface area contributed by atoms with Crippen LogP contribution in [0.4, 0.5) is 8.78 Å². The van der Waals surface area contributed by atoms with Crippen LogP contribution >= 0.6 is 0 Å². The zero-order valence-electron chi connectivity index (χ0n) is 19.1. The van der Waals surface area contributed by atoms with Crippen molar-refractivity contribution in [3.63, 3.8) is 0 Å². The highest BCUT2D eigenvalue weighted by Gasteiger charge is 2.21. The third-order valence-corrected chi connectivity index (χ3v) is 5.19. The number of carbonyl (C=O) groups excluding carboxylic acids is 1. The molecule has 1 heterocycles. The number of aromatic nitrogens is 1. The summed E-state index contributed by atoms with van der Waals surface area (Å²) in [4.78, 5) is 16.7. The van der Waals surface area contributed by atoms with Gasteiger partial charge in [0, 0.05) is 5.56 Å². The Labute approximate surface area is 193 Å². The lowest BCUT2D eigenvalue weighted by molar-refractivity contribution is 0.0724. The molecule has 0 aliphatic carbocycles. The van der Waals surface area contributed by atoms with Crippen LogP contribution in [0.3, 0.4) is 0 Å². The molecule has 174 valence electrons. The van der Waals surface area contributed by atoms with Crippen molar-refractivity contribution >= 4 is 5.97 Å². The van der Waals surface area contributed by atoms with Gasteiger partial charge in [-0.15, -0.1) is 0 Å². The maximum absolute atomic E-state index is 14.5. The Bertz CT molecular complexity index is 1030. The summed E-state index contributed by atoms with van der Waals surface area (Å²) in [7, 11) is 0. The molecule has 0 atom stereocenters. The van der Waals surface area contributed by atoms with Crippen LogP contribution in [0.25, 0.3) is 11.3 Å². The number of benzene rings is 2. The molecular weight excluding hydrogens is 424 g/mol. The topological polar surface area (TPSA) is 48.4 Å². The highest BCUT2D eigenvalue weighted by molar-refractivity contribution is 5.91. The fraction of sp³-hybridized carbons (Fsp3) is 0.333. The number of rotatable bonds is 11. The number of hydrogen-bond acceptors (Lipinski definition) is 4. The summed E-state index contributed by atoms with van der Waals surface area (Å²) in [5.74, 6) is -2.04. The lowest BCUT2D eigenvalue weighted by Gasteiger charge is -2.09. The van der Waals surface area contributed by atoms with E-state index in [0.29, 0.717) is 24.3 Å². The zero-order chi connectivity index (χ0) is 23.6. The van der Waals surface area contributed by atoms with E-state index in [1.807, 2.05) is 31.2 Å². The zero-order valence-corrected chi connectivity index (χ0v) is 19.1. The quantitative estimate of drug-likeness (QED) is 0.228. The summed E-state index contributed by atoms with van der Waals surface area (Å²) in [6.07, 6.45) is 6.88. The molecule has 0 N–H and O–H groups in total. The molecule has 0 bridgehead atoms. The molecule has 0 fully saturated rings. The number of carbonyl (C=O) groups is 1. The maximum atomic E-state index is 14.5. The average Bonchev–Trinajstić information content (AvgIpc) is 2.81. The number of esters is 1. The van der Waals surface area contributed by atoms with Gasteiger partial charge in [0.15, 0.2) is 0 Å². The summed E-state index contributed by atoms with van der Waals surface area (Å²) in [5, 5.41) is 0. The summed E-state index contributed by atoms with van der Waals surface area (Å²) < 4.78 is 39.7. The van der Waals surface area contributed by atoms with Gasteiger partial charge in [0.1, 0.15) is 28.7 Å². The second-order valence-corrected chi connectivity index (χ2v) is 7.89. The third kappa shape index (κ3) is 6.85. The van der Waals surface area contributed by atoms with E-state index in [2.05, 4.69) is 11.9 Å². The first-order valence-corrected chi connectivity index (χ1v) is 11.4. The van der Waals surface area contributed by atoms with Crippen molar-refractivity contribution < 1.29 is 23.0 Å². The third-order valence-electron chi connectivity index (χ3n) is 5.19. The standard InChI is InChI=1S/C27H29F2NO3/c1-3-5-6-7-8-19-16-23(28)26(24(29)17-19)27(31)33-22-13-14-25(30-18-22)20-9-11-21(12-10-20)32-15-4-2/h9-14,16-18H,3-8,15H2,1-2H3. The normalized spacial score (nSPS) is 10.8. The predicted octanol–water partition coefficient (Wildman–Crippen LogP) is 7.16. The van der Waals surface area contributed by atoms with Gasteiger partial charge >= 0.3 is 5.97 Å². The number of unbranched alkanes of at least 4 members (excludes halogenated alkanes) is 3. The van der Waals surface area contributed by atoms with Gasteiger partial charge in [0.2, 0.25) is 0 Å². The number of ether oxygens (including phenoxy) is 2.